The first-order chi connectivity index (χ1) is 11.9. The van der Waals surface area contributed by atoms with E-state index in [1.807, 2.05) is 9.80 Å². The van der Waals surface area contributed by atoms with Gasteiger partial charge in [-0.05, 0) is 22.0 Å². The van der Waals surface area contributed by atoms with E-state index in [-0.39, 0.29) is 0 Å². The molecule has 25 heavy (non-hydrogen) atoms. The molecule has 0 unspecified atom stereocenters. The van der Waals surface area contributed by atoms with E-state index in [9.17, 15) is 13.2 Å². The third-order valence-corrected chi connectivity index (χ3v) is 4.42. The Morgan fingerprint density at radius 3 is 2.40 bits per heavy atom. The van der Waals surface area contributed by atoms with Crippen molar-refractivity contribution in [1.29, 1.82) is 0 Å². The van der Waals surface area contributed by atoms with E-state index < -0.39 is 11.7 Å². The number of aromatic nitrogens is 3. The van der Waals surface area contributed by atoms with Crippen LogP contribution in [0.3, 0.4) is 0 Å². The Morgan fingerprint density at radius 2 is 1.80 bits per heavy atom. The summed E-state index contributed by atoms with van der Waals surface area (Å²) in [5.74, 6) is 1.55. The summed E-state index contributed by atoms with van der Waals surface area (Å²) in [6.07, 6.45) is -1.92. The maximum Gasteiger partial charge on any atom is 0.417 e. The van der Waals surface area contributed by atoms with E-state index in [4.69, 9.17) is 4.74 Å². The summed E-state index contributed by atoms with van der Waals surface area (Å²) in [5, 5.41) is 0. The van der Waals surface area contributed by atoms with Crippen molar-refractivity contribution in [1.82, 2.24) is 15.0 Å². The molecule has 0 radical (unpaired) electrons. The molecule has 0 bridgehead atoms. The van der Waals surface area contributed by atoms with Gasteiger partial charge in [0.05, 0.1) is 17.1 Å². The Hall–Kier alpha value is -2.10. The molecule has 1 saturated heterocycles. The third kappa shape index (κ3) is 3.94. The van der Waals surface area contributed by atoms with Crippen LogP contribution in [-0.4, -0.2) is 48.2 Å². The van der Waals surface area contributed by atoms with Crippen LogP contribution in [0.25, 0.3) is 0 Å². The number of anilines is 2. The number of ether oxygens (including phenoxy) is 1. The van der Waals surface area contributed by atoms with E-state index in [0.29, 0.717) is 48.3 Å². The second-order valence-electron chi connectivity index (χ2n) is 5.40. The van der Waals surface area contributed by atoms with Gasteiger partial charge in [-0.2, -0.15) is 18.2 Å². The number of nitrogens with zero attached hydrogens (tertiary/aromatic N) is 5. The van der Waals surface area contributed by atoms with Gasteiger partial charge in [-0.25, -0.2) is 9.97 Å². The standard InChI is InChI=1S/C15H15BrF3N5O/c1-25-12-2-3-20-14(22-12)24-6-4-23(5-7-24)13-11(16)8-10(9-21-13)15(17,18)19/h2-3,8-9H,4-7H2,1H3. The summed E-state index contributed by atoms with van der Waals surface area (Å²) in [6, 6.07) is 2.73. The van der Waals surface area contributed by atoms with Gasteiger partial charge in [0.25, 0.3) is 0 Å². The largest absolute Gasteiger partial charge is 0.481 e. The van der Waals surface area contributed by atoms with Crippen molar-refractivity contribution in [2.45, 2.75) is 6.18 Å². The van der Waals surface area contributed by atoms with E-state index in [1.165, 1.54) is 7.11 Å². The highest BCUT2D eigenvalue weighted by atomic mass is 79.9. The topological polar surface area (TPSA) is 54.4 Å². The average molecular weight is 418 g/mol. The lowest BCUT2D eigenvalue weighted by Crippen LogP contribution is -2.47. The smallest absolute Gasteiger partial charge is 0.417 e. The number of rotatable bonds is 3. The fourth-order valence-corrected chi connectivity index (χ4v) is 3.13. The number of pyridine rings is 1. The molecule has 6 nitrogen and oxygen atoms in total. The van der Waals surface area contributed by atoms with Crippen LogP contribution < -0.4 is 14.5 Å². The molecule has 1 aliphatic rings. The molecule has 0 N–H and O–H groups in total. The fourth-order valence-electron chi connectivity index (χ4n) is 2.54. The molecule has 3 rings (SSSR count). The van der Waals surface area contributed by atoms with Crippen LogP contribution in [0.4, 0.5) is 24.9 Å². The number of hydrogen-bond donors (Lipinski definition) is 0. The van der Waals surface area contributed by atoms with Crippen LogP contribution in [-0.2, 0) is 6.18 Å². The lowest BCUT2D eigenvalue weighted by molar-refractivity contribution is -0.137. The van der Waals surface area contributed by atoms with Gasteiger partial charge >= 0.3 is 6.18 Å². The van der Waals surface area contributed by atoms with Gasteiger partial charge in [0, 0.05) is 44.6 Å². The van der Waals surface area contributed by atoms with Crippen molar-refractivity contribution in [2.24, 2.45) is 0 Å². The average Bonchev–Trinajstić information content (AvgIpc) is 2.61. The van der Waals surface area contributed by atoms with Crippen molar-refractivity contribution in [3.8, 4) is 5.88 Å². The lowest BCUT2D eigenvalue weighted by Gasteiger charge is -2.35. The molecule has 10 heteroatoms. The highest BCUT2D eigenvalue weighted by Gasteiger charge is 2.32. The maximum absolute atomic E-state index is 12.7. The van der Waals surface area contributed by atoms with Crippen LogP contribution in [0.5, 0.6) is 5.88 Å². The van der Waals surface area contributed by atoms with Crippen molar-refractivity contribution in [2.75, 3.05) is 43.1 Å². The summed E-state index contributed by atoms with van der Waals surface area (Å²) in [6.45, 7) is 2.44. The molecule has 2 aromatic rings. The number of methoxy groups -OCH3 is 1. The molecule has 0 aliphatic carbocycles. The molecule has 1 fully saturated rings. The molecule has 0 amide bonds. The zero-order valence-corrected chi connectivity index (χ0v) is 14.9. The van der Waals surface area contributed by atoms with Crippen LogP contribution in [0.15, 0.2) is 29.0 Å². The molecule has 2 aromatic heterocycles. The summed E-state index contributed by atoms with van der Waals surface area (Å²) >= 11 is 3.20. The van der Waals surface area contributed by atoms with E-state index in [1.54, 1.807) is 12.3 Å². The molecule has 3 heterocycles. The Morgan fingerprint density at radius 1 is 1.12 bits per heavy atom. The van der Waals surface area contributed by atoms with Gasteiger partial charge in [0.1, 0.15) is 5.82 Å². The Balaban J connectivity index is 1.70. The molecule has 0 atom stereocenters. The molecule has 1 aliphatic heterocycles. The summed E-state index contributed by atoms with van der Waals surface area (Å²) in [4.78, 5) is 16.4. The van der Waals surface area contributed by atoms with E-state index in [2.05, 4.69) is 30.9 Å². The van der Waals surface area contributed by atoms with Crippen LogP contribution >= 0.6 is 15.9 Å². The van der Waals surface area contributed by atoms with Crippen LogP contribution in [0.1, 0.15) is 5.56 Å². The Labute approximate surface area is 150 Å². The van der Waals surface area contributed by atoms with Crippen LogP contribution in [0, 0.1) is 0 Å². The zero-order chi connectivity index (χ0) is 18.0. The fraction of sp³-hybridized carbons (Fsp3) is 0.400. The lowest BCUT2D eigenvalue weighted by atomic mass is 10.2. The molecular formula is C15H15BrF3N5O. The van der Waals surface area contributed by atoms with Crippen LogP contribution in [0.2, 0.25) is 0 Å². The molecule has 0 spiro atoms. The van der Waals surface area contributed by atoms with Gasteiger partial charge in [-0.1, -0.05) is 0 Å². The van der Waals surface area contributed by atoms with Gasteiger partial charge in [-0.3, -0.25) is 0 Å². The molecular weight excluding hydrogens is 403 g/mol. The number of hydrogen-bond acceptors (Lipinski definition) is 6. The monoisotopic (exact) mass is 417 g/mol. The van der Waals surface area contributed by atoms with Gasteiger partial charge < -0.3 is 14.5 Å². The minimum Gasteiger partial charge on any atom is -0.481 e. The van der Waals surface area contributed by atoms with E-state index >= 15 is 0 Å². The van der Waals surface area contributed by atoms with E-state index in [0.717, 1.165) is 12.3 Å². The van der Waals surface area contributed by atoms with Crippen molar-refractivity contribution in [3.05, 3.63) is 34.6 Å². The molecule has 0 aromatic carbocycles. The number of alkyl halides is 3. The minimum absolute atomic E-state index is 0.327. The quantitative estimate of drug-likeness (QED) is 0.764. The second-order valence-corrected chi connectivity index (χ2v) is 6.25. The Bertz CT molecular complexity index is 750. The molecule has 0 saturated carbocycles. The maximum atomic E-state index is 12.7. The third-order valence-electron chi connectivity index (χ3n) is 3.84. The van der Waals surface area contributed by atoms with Gasteiger partial charge in [0.15, 0.2) is 0 Å². The normalized spacial score (nSPS) is 15.4. The first-order valence-corrected chi connectivity index (χ1v) is 8.27. The summed E-state index contributed by atoms with van der Waals surface area (Å²) < 4.78 is 43.6. The summed E-state index contributed by atoms with van der Waals surface area (Å²) in [5.41, 5.74) is -0.772. The minimum atomic E-state index is -4.41. The summed E-state index contributed by atoms with van der Waals surface area (Å²) in [7, 11) is 1.54. The number of piperazine rings is 1. The number of halogens is 4. The second kappa shape index (κ2) is 7.03. The molecule has 134 valence electrons. The van der Waals surface area contributed by atoms with Gasteiger partial charge in [-0.15, -0.1) is 0 Å². The predicted molar refractivity (Wildman–Crippen MR) is 89.9 cm³/mol. The highest BCUT2D eigenvalue weighted by Crippen LogP contribution is 2.34. The highest BCUT2D eigenvalue weighted by molar-refractivity contribution is 9.10. The van der Waals surface area contributed by atoms with Crippen molar-refractivity contribution < 1.29 is 17.9 Å². The first kappa shape index (κ1) is 17.7. The van der Waals surface area contributed by atoms with Crippen molar-refractivity contribution in [3.63, 3.8) is 0 Å². The van der Waals surface area contributed by atoms with Crippen molar-refractivity contribution >= 4 is 27.7 Å². The predicted octanol–water partition coefficient (Wildman–Crippen LogP) is 2.99. The first-order valence-electron chi connectivity index (χ1n) is 7.48. The van der Waals surface area contributed by atoms with Gasteiger partial charge in [0.2, 0.25) is 11.8 Å². The SMILES string of the molecule is COc1ccnc(N2CCN(c3ncc(C(F)(F)F)cc3Br)CC2)n1. The Kier molecular flexibility index (Phi) is 4.98. The zero-order valence-electron chi connectivity index (χ0n) is 13.3.